The Morgan fingerprint density at radius 1 is 1.47 bits per heavy atom. The highest BCUT2D eigenvalue weighted by Crippen LogP contribution is 2.24. The van der Waals surface area contributed by atoms with Gasteiger partial charge in [0.15, 0.2) is 0 Å². The first-order valence-electron chi connectivity index (χ1n) is 6.22. The molecule has 2 unspecified atom stereocenters. The molecule has 1 rings (SSSR count). The number of likely N-dealkylation sites (N-methyl/N-ethyl adjacent to an activating group) is 1. The maximum Gasteiger partial charge on any atom is 0.0558 e. The zero-order chi connectivity index (χ0) is 11.4. The molecule has 1 fully saturated rings. The molecule has 0 aromatic rings. The first kappa shape index (κ1) is 12.9. The van der Waals surface area contributed by atoms with E-state index in [9.17, 15) is 0 Å². The third-order valence-corrected chi connectivity index (χ3v) is 3.69. The molecule has 15 heavy (non-hydrogen) atoms. The number of aliphatic hydroxyl groups is 1. The molecular formula is C12H26N2O. The molecule has 3 nitrogen and oxygen atoms in total. The molecule has 1 aliphatic rings. The number of hydrogen-bond acceptors (Lipinski definition) is 3. The maximum atomic E-state index is 9.03. The van der Waals surface area contributed by atoms with Crippen molar-refractivity contribution < 1.29 is 5.11 Å². The van der Waals surface area contributed by atoms with Gasteiger partial charge in [0.05, 0.1) is 6.61 Å². The van der Waals surface area contributed by atoms with Crippen LogP contribution in [0.3, 0.4) is 0 Å². The molecule has 0 aromatic heterocycles. The zero-order valence-corrected chi connectivity index (χ0v) is 10.6. The number of nitrogens with zero attached hydrogens (tertiary/aromatic N) is 2. The van der Waals surface area contributed by atoms with Crippen molar-refractivity contribution in [1.29, 1.82) is 0 Å². The zero-order valence-electron chi connectivity index (χ0n) is 10.6. The third kappa shape index (κ3) is 2.92. The van der Waals surface area contributed by atoms with Crippen LogP contribution in [0.5, 0.6) is 0 Å². The Morgan fingerprint density at radius 2 is 2.13 bits per heavy atom. The van der Waals surface area contributed by atoms with Crippen molar-refractivity contribution in [3.05, 3.63) is 0 Å². The summed E-state index contributed by atoms with van der Waals surface area (Å²) in [6, 6.07) is 1.89. The summed E-state index contributed by atoms with van der Waals surface area (Å²) in [4.78, 5) is 4.97. The molecule has 0 amide bonds. The van der Waals surface area contributed by atoms with Crippen LogP contribution < -0.4 is 0 Å². The topological polar surface area (TPSA) is 26.7 Å². The average molecular weight is 214 g/mol. The van der Waals surface area contributed by atoms with Crippen LogP contribution in [0.1, 0.15) is 34.1 Å². The van der Waals surface area contributed by atoms with Crippen molar-refractivity contribution in [3.8, 4) is 0 Å². The van der Waals surface area contributed by atoms with E-state index in [1.807, 2.05) is 0 Å². The lowest BCUT2D eigenvalue weighted by molar-refractivity contribution is 0.117. The standard InChI is InChI=1S/C12H26N2O/c1-5-13(8-9-15)12-6-7-14(10(2)3)11(12)4/h10-12,15H,5-9H2,1-4H3. The minimum Gasteiger partial charge on any atom is -0.395 e. The van der Waals surface area contributed by atoms with E-state index in [0.29, 0.717) is 18.1 Å². The molecule has 3 heteroatoms. The molecule has 1 N–H and O–H groups in total. The lowest BCUT2D eigenvalue weighted by atomic mass is 10.1. The van der Waals surface area contributed by atoms with Crippen LogP contribution in [0.2, 0.25) is 0 Å². The highest BCUT2D eigenvalue weighted by molar-refractivity contribution is 4.91. The second-order valence-corrected chi connectivity index (χ2v) is 4.78. The van der Waals surface area contributed by atoms with Gasteiger partial charge in [0.1, 0.15) is 0 Å². The molecule has 0 radical (unpaired) electrons. The quantitative estimate of drug-likeness (QED) is 0.744. The van der Waals surface area contributed by atoms with Crippen LogP contribution >= 0.6 is 0 Å². The Morgan fingerprint density at radius 3 is 2.53 bits per heavy atom. The first-order valence-corrected chi connectivity index (χ1v) is 6.22. The van der Waals surface area contributed by atoms with Gasteiger partial charge in [-0.1, -0.05) is 6.92 Å². The Hall–Kier alpha value is -0.120. The molecule has 2 atom stereocenters. The van der Waals surface area contributed by atoms with Crippen LogP contribution in [0.25, 0.3) is 0 Å². The van der Waals surface area contributed by atoms with Gasteiger partial charge in [-0.3, -0.25) is 9.80 Å². The molecule has 1 heterocycles. The second kappa shape index (κ2) is 5.83. The van der Waals surface area contributed by atoms with Gasteiger partial charge in [-0.05, 0) is 33.7 Å². The predicted molar refractivity (Wildman–Crippen MR) is 64.0 cm³/mol. The Labute approximate surface area is 94.1 Å². The van der Waals surface area contributed by atoms with E-state index in [1.54, 1.807) is 0 Å². The Balaban J connectivity index is 2.56. The number of aliphatic hydroxyl groups excluding tert-OH is 1. The Kier molecular flexibility index (Phi) is 5.03. The van der Waals surface area contributed by atoms with E-state index in [-0.39, 0.29) is 6.61 Å². The van der Waals surface area contributed by atoms with Crippen LogP contribution in [0, 0.1) is 0 Å². The van der Waals surface area contributed by atoms with Gasteiger partial charge < -0.3 is 5.11 Å². The summed E-state index contributed by atoms with van der Waals surface area (Å²) >= 11 is 0. The minimum absolute atomic E-state index is 0.277. The summed E-state index contributed by atoms with van der Waals surface area (Å²) in [5.41, 5.74) is 0. The van der Waals surface area contributed by atoms with Crippen LogP contribution in [-0.4, -0.2) is 59.3 Å². The van der Waals surface area contributed by atoms with Crippen molar-refractivity contribution in [2.24, 2.45) is 0 Å². The molecule has 0 saturated carbocycles. The normalized spacial score (nSPS) is 28.2. The summed E-state index contributed by atoms with van der Waals surface area (Å²) < 4.78 is 0. The lowest BCUT2D eigenvalue weighted by Crippen LogP contribution is -2.46. The van der Waals surface area contributed by atoms with E-state index in [0.717, 1.165) is 13.1 Å². The van der Waals surface area contributed by atoms with Gasteiger partial charge in [0.2, 0.25) is 0 Å². The highest BCUT2D eigenvalue weighted by atomic mass is 16.3. The SMILES string of the molecule is CCN(CCO)C1CCN(C(C)C)C1C. The van der Waals surface area contributed by atoms with Crippen molar-refractivity contribution in [2.75, 3.05) is 26.2 Å². The third-order valence-electron chi connectivity index (χ3n) is 3.69. The summed E-state index contributed by atoms with van der Waals surface area (Å²) in [6.45, 7) is 12.4. The fourth-order valence-electron chi connectivity index (χ4n) is 2.85. The van der Waals surface area contributed by atoms with Crippen molar-refractivity contribution in [3.63, 3.8) is 0 Å². The first-order chi connectivity index (χ1) is 7.11. The maximum absolute atomic E-state index is 9.03. The van der Waals surface area contributed by atoms with Crippen molar-refractivity contribution >= 4 is 0 Å². The molecule has 1 saturated heterocycles. The molecule has 0 aliphatic carbocycles. The molecule has 0 bridgehead atoms. The number of rotatable bonds is 5. The van der Waals surface area contributed by atoms with E-state index in [4.69, 9.17) is 5.11 Å². The summed E-state index contributed by atoms with van der Waals surface area (Å²) in [6.07, 6.45) is 1.24. The van der Waals surface area contributed by atoms with Crippen LogP contribution in [0.4, 0.5) is 0 Å². The summed E-state index contributed by atoms with van der Waals surface area (Å²) in [7, 11) is 0. The van der Waals surface area contributed by atoms with Gasteiger partial charge in [0.25, 0.3) is 0 Å². The molecule has 1 aliphatic heterocycles. The van der Waals surface area contributed by atoms with E-state index in [2.05, 4.69) is 37.5 Å². The van der Waals surface area contributed by atoms with E-state index < -0.39 is 0 Å². The van der Waals surface area contributed by atoms with Crippen molar-refractivity contribution in [1.82, 2.24) is 9.80 Å². The fraction of sp³-hybridized carbons (Fsp3) is 1.00. The van der Waals surface area contributed by atoms with Gasteiger partial charge in [-0.15, -0.1) is 0 Å². The van der Waals surface area contributed by atoms with Crippen LogP contribution in [0.15, 0.2) is 0 Å². The summed E-state index contributed by atoms with van der Waals surface area (Å²) in [5, 5.41) is 9.03. The minimum atomic E-state index is 0.277. The summed E-state index contributed by atoms with van der Waals surface area (Å²) in [5.74, 6) is 0. The van der Waals surface area contributed by atoms with E-state index in [1.165, 1.54) is 13.0 Å². The molecular weight excluding hydrogens is 188 g/mol. The van der Waals surface area contributed by atoms with Gasteiger partial charge >= 0.3 is 0 Å². The van der Waals surface area contributed by atoms with Gasteiger partial charge in [0, 0.05) is 31.2 Å². The smallest absolute Gasteiger partial charge is 0.0558 e. The Bertz CT molecular complexity index is 184. The number of hydrogen-bond donors (Lipinski definition) is 1. The molecule has 0 aromatic carbocycles. The van der Waals surface area contributed by atoms with Gasteiger partial charge in [-0.2, -0.15) is 0 Å². The second-order valence-electron chi connectivity index (χ2n) is 4.78. The van der Waals surface area contributed by atoms with Crippen LogP contribution in [-0.2, 0) is 0 Å². The number of likely N-dealkylation sites (tertiary alicyclic amines) is 1. The van der Waals surface area contributed by atoms with Gasteiger partial charge in [-0.25, -0.2) is 0 Å². The lowest BCUT2D eigenvalue weighted by Gasteiger charge is -2.34. The largest absolute Gasteiger partial charge is 0.395 e. The fourth-order valence-corrected chi connectivity index (χ4v) is 2.85. The highest BCUT2D eigenvalue weighted by Gasteiger charge is 2.34. The molecule has 0 spiro atoms. The van der Waals surface area contributed by atoms with E-state index >= 15 is 0 Å². The monoisotopic (exact) mass is 214 g/mol. The van der Waals surface area contributed by atoms with Crippen molar-refractivity contribution in [2.45, 2.75) is 52.2 Å². The predicted octanol–water partition coefficient (Wildman–Crippen LogP) is 1.17. The average Bonchev–Trinajstić information content (AvgIpc) is 2.57. The molecule has 90 valence electrons.